The first-order valence-corrected chi connectivity index (χ1v) is 8.44. The summed E-state index contributed by atoms with van der Waals surface area (Å²) in [5, 5.41) is 0. The Morgan fingerprint density at radius 1 is 1.42 bits per heavy atom. The van der Waals surface area contributed by atoms with Crippen molar-refractivity contribution in [3.8, 4) is 23.8 Å². The Labute approximate surface area is 144 Å². The van der Waals surface area contributed by atoms with E-state index in [1.54, 1.807) is 20.8 Å². The lowest BCUT2D eigenvalue weighted by Gasteiger charge is -2.25. The second-order valence-electron chi connectivity index (χ2n) is 6.66. The van der Waals surface area contributed by atoms with Gasteiger partial charge in [0, 0.05) is 6.42 Å². The molecule has 0 heterocycles. The van der Waals surface area contributed by atoms with E-state index in [4.69, 9.17) is 20.6 Å². The summed E-state index contributed by atoms with van der Waals surface area (Å²) in [7, 11) is 0. The molecule has 1 fully saturated rings. The summed E-state index contributed by atoms with van der Waals surface area (Å²) in [6, 6.07) is 5.60. The van der Waals surface area contributed by atoms with Gasteiger partial charge in [-0.25, -0.2) is 4.79 Å². The highest BCUT2D eigenvalue weighted by Gasteiger charge is 2.33. The van der Waals surface area contributed by atoms with Gasteiger partial charge < -0.3 is 14.2 Å². The second-order valence-corrected chi connectivity index (χ2v) is 6.66. The van der Waals surface area contributed by atoms with Crippen molar-refractivity contribution >= 4 is 5.97 Å². The Kier molecular flexibility index (Phi) is 5.77. The maximum atomic E-state index is 12.0. The number of esters is 1. The Balaban J connectivity index is 2.06. The third-order valence-corrected chi connectivity index (χ3v) is 4.03. The van der Waals surface area contributed by atoms with Gasteiger partial charge in [0.2, 0.25) is 0 Å². The van der Waals surface area contributed by atoms with Crippen molar-refractivity contribution in [2.24, 2.45) is 5.92 Å². The fourth-order valence-corrected chi connectivity index (χ4v) is 2.49. The molecule has 1 saturated carbocycles. The van der Waals surface area contributed by atoms with Gasteiger partial charge in [0.25, 0.3) is 0 Å². The zero-order valence-electron chi connectivity index (χ0n) is 14.9. The van der Waals surface area contributed by atoms with Gasteiger partial charge in [0.15, 0.2) is 5.60 Å². The monoisotopic (exact) mass is 330 g/mol. The van der Waals surface area contributed by atoms with Gasteiger partial charge in [0.1, 0.15) is 17.6 Å². The van der Waals surface area contributed by atoms with Crippen molar-refractivity contribution in [2.75, 3.05) is 6.61 Å². The zero-order valence-corrected chi connectivity index (χ0v) is 14.9. The quantitative estimate of drug-likeness (QED) is 0.536. The molecule has 0 amide bonds. The molecule has 0 spiro atoms. The average Bonchev–Trinajstić information content (AvgIpc) is 3.34. The zero-order chi connectivity index (χ0) is 17.7. The summed E-state index contributed by atoms with van der Waals surface area (Å²) in [6.07, 6.45) is 8.50. The number of benzene rings is 1. The predicted molar refractivity (Wildman–Crippen MR) is 93.1 cm³/mol. The number of ether oxygens (including phenoxy) is 3. The first-order valence-electron chi connectivity index (χ1n) is 8.44. The van der Waals surface area contributed by atoms with Crippen LogP contribution < -0.4 is 9.47 Å². The molecule has 0 N–H and O–H groups in total. The standard InChI is InChI=1S/C20H26O4/c1-6-8-18(15-9-10-15)23-16-11-12-17(14(3)13-16)24-20(4,5)19(21)22-7-2/h1,11-13,15,18H,7-10H2,2-5H3. The minimum atomic E-state index is -1.04. The van der Waals surface area contributed by atoms with Crippen molar-refractivity contribution < 1.29 is 19.0 Å². The number of terminal acetylenes is 1. The minimum Gasteiger partial charge on any atom is -0.489 e. The molecule has 0 aliphatic heterocycles. The highest BCUT2D eigenvalue weighted by Crippen LogP contribution is 2.37. The molecule has 1 aliphatic carbocycles. The smallest absolute Gasteiger partial charge is 0.349 e. The normalized spacial score (nSPS) is 15.3. The number of carbonyl (C=O) groups is 1. The molecular weight excluding hydrogens is 304 g/mol. The van der Waals surface area contributed by atoms with E-state index in [9.17, 15) is 4.79 Å². The van der Waals surface area contributed by atoms with E-state index in [0.717, 1.165) is 11.3 Å². The van der Waals surface area contributed by atoms with Crippen LogP contribution in [0.5, 0.6) is 11.5 Å². The van der Waals surface area contributed by atoms with Gasteiger partial charge in [-0.2, -0.15) is 0 Å². The van der Waals surface area contributed by atoms with Crippen molar-refractivity contribution in [1.29, 1.82) is 0 Å². The van der Waals surface area contributed by atoms with Crippen LogP contribution in [0.25, 0.3) is 0 Å². The van der Waals surface area contributed by atoms with Crippen LogP contribution in [0.4, 0.5) is 0 Å². The molecule has 1 aromatic rings. The second kappa shape index (κ2) is 7.61. The molecule has 24 heavy (non-hydrogen) atoms. The third kappa shape index (κ3) is 4.67. The lowest BCUT2D eigenvalue weighted by atomic mass is 10.1. The van der Waals surface area contributed by atoms with Crippen molar-refractivity contribution in [3.63, 3.8) is 0 Å². The highest BCUT2D eigenvalue weighted by atomic mass is 16.6. The summed E-state index contributed by atoms with van der Waals surface area (Å²) < 4.78 is 16.9. The number of hydrogen-bond acceptors (Lipinski definition) is 4. The largest absolute Gasteiger partial charge is 0.489 e. The lowest BCUT2D eigenvalue weighted by molar-refractivity contribution is -0.158. The van der Waals surface area contributed by atoms with Crippen LogP contribution in [0.3, 0.4) is 0 Å². The Morgan fingerprint density at radius 2 is 2.12 bits per heavy atom. The van der Waals surface area contributed by atoms with Crippen LogP contribution in [0, 0.1) is 25.2 Å². The average molecular weight is 330 g/mol. The molecule has 0 saturated heterocycles. The van der Waals surface area contributed by atoms with E-state index in [2.05, 4.69) is 5.92 Å². The van der Waals surface area contributed by atoms with E-state index >= 15 is 0 Å². The molecule has 130 valence electrons. The predicted octanol–water partition coefficient (Wildman–Crippen LogP) is 3.90. The molecule has 1 aliphatic rings. The van der Waals surface area contributed by atoms with Crippen molar-refractivity contribution in [2.45, 2.75) is 58.7 Å². The first-order chi connectivity index (χ1) is 11.4. The third-order valence-electron chi connectivity index (χ3n) is 4.03. The van der Waals surface area contributed by atoms with Crippen LogP contribution in [0.2, 0.25) is 0 Å². The Morgan fingerprint density at radius 3 is 2.67 bits per heavy atom. The molecule has 2 rings (SSSR count). The minimum absolute atomic E-state index is 0.0807. The lowest BCUT2D eigenvalue weighted by Crippen LogP contribution is -2.39. The van der Waals surface area contributed by atoms with Crippen molar-refractivity contribution in [1.82, 2.24) is 0 Å². The number of carbonyl (C=O) groups excluding carboxylic acids is 1. The molecule has 1 atom stereocenters. The summed E-state index contributed by atoms with van der Waals surface area (Å²) in [4.78, 5) is 12.0. The van der Waals surface area contributed by atoms with Crippen LogP contribution in [-0.4, -0.2) is 24.3 Å². The summed E-state index contributed by atoms with van der Waals surface area (Å²) in [5.74, 6) is 4.30. The van der Waals surface area contributed by atoms with Gasteiger partial charge in [-0.1, -0.05) is 0 Å². The fourth-order valence-electron chi connectivity index (χ4n) is 2.49. The van der Waals surface area contributed by atoms with Crippen LogP contribution in [0.15, 0.2) is 18.2 Å². The molecular formula is C20H26O4. The first kappa shape index (κ1) is 18.2. The van der Waals surface area contributed by atoms with E-state index < -0.39 is 5.60 Å². The molecule has 1 aromatic carbocycles. The molecule has 4 heteroatoms. The van der Waals surface area contributed by atoms with Gasteiger partial charge in [-0.05, 0) is 70.2 Å². The van der Waals surface area contributed by atoms with Gasteiger partial charge in [-0.3, -0.25) is 0 Å². The van der Waals surface area contributed by atoms with Crippen LogP contribution in [-0.2, 0) is 9.53 Å². The highest BCUT2D eigenvalue weighted by molar-refractivity contribution is 5.79. The number of hydrogen-bond donors (Lipinski definition) is 0. The fraction of sp³-hybridized carbons (Fsp3) is 0.550. The number of rotatable bonds is 8. The summed E-state index contributed by atoms with van der Waals surface area (Å²) in [6.45, 7) is 7.43. The van der Waals surface area contributed by atoms with Crippen molar-refractivity contribution in [3.05, 3.63) is 23.8 Å². The molecule has 0 radical (unpaired) electrons. The molecule has 1 unspecified atom stereocenters. The number of aryl methyl sites for hydroxylation is 1. The topological polar surface area (TPSA) is 44.8 Å². The van der Waals surface area contributed by atoms with Crippen LogP contribution in [0.1, 0.15) is 45.6 Å². The molecule has 0 bridgehead atoms. The summed E-state index contributed by atoms with van der Waals surface area (Å²) >= 11 is 0. The van der Waals surface area contributed by atoms with E-state index in [1.165, 1.54) is 12.8 Å². The maximum Gasteiger partial charge on any atom is 0.349 e. The maximum absolute atomic E-state index is 12.0. The van der Waals surface area contributed by atoms with E-state index in [1.807, 2.05) is 25.1 Å². The Bertz CT molecular complexity index is 623. The Hall–Kier alpha value is -2.15. The summed E-state index contributed by atoms with van der Waals surface area (Å²) in [5.41, 5.74) is -0.136. The van der Waals surface area contributed by atoms with Gasteiger partial charge in [0.05, 0.1) is 6.61 Å². The van der Waals surface area contributed by atoms with Gasteiger partial charge in [-0.15, -0.1) is 12.3 Å². The van der Waals surface area contributed by atoms with Gasteiger partial charge >= 0.3 is 5.97 Å². The molecule has 4 nitrogen and oxygen atoms in total. The van der Waals surface area contributed by atoms with E-state index in [0.29, 0.717) is 24.7 Å². The SMILES string of the molecule is C#CCC(Oc1ccc(OC(C)(C)C(=O)OCC)c(C)c1)C1CC1. The van der Waals surface area contributed by atoms with E-state index in [-0.39, 0.29) is 12.1 Å². The molecule has 0 aromatic heterocycles. The van der Waals surface area contributed by atoms with Crippen LogP contribution >= 0.6 is 0 Å².